The number of nitriles is 1. The summed E-state index contributed by atoms with van der Waals surface area (Å²) in [6.45, 7) is 2.15. The standard InChI is InChI=1S/C17H19ClN2O/c1-12-4-2-3-5-16(12)20-17(21)14(11-19)10-13-6-8-15(18)9-7-13/h6-10,12,16H,2-5H2,1H3,(H,20,21)/b14-10+/t12-,16+/m1/s1. The van der Waals surface area contributed by atoms with E-state index in [1.807, 2.05) is 6.07 Å². The molecule has 0 unspecified atom stereocenters. The summed E-state index contributed by atoms with van der Waals surface area (Å²) in [6.07, 6.45) is 6.08. The summed E-state index contributed by atoms with van der Waals surface area (Å²) in [7, 11) is 0. The van der Waals surface area contributed by atoms with Crippen molar-refractivity contribution in [3.05, 3.63) is 40.4 Å². The number of nitrogens with one attached hydrogen (secondary N) is 1. The molecule has 2 rings (SSSR count). The van der Waals surface area contributed by atoms with Crippen LogP contribution >= 0.6 is 11.6 Å². The summed E-state index contributed by atoms with van der Waals surface area (Å²) >= 11 is 5.82. The van der Waals surface area contributed by atoms with Crippen molar-refractivity contribution >= 4 is 23.6 Å². The van der Waals surface area contributed by atoms with E-state index >= 15 is 0 Å². The fourth-order valence-electron chi connectivity index (χ4n) is 2.65. The normalized spacial score (nSPS) is 22.4. The maximum atomic E-state index is 12.2. The van der Waals surface area contributed by atoms with Crippen LogP contribution in [0.4, 0.5) is 0 Å². The van der Waals surface area contributed by atoms with Crippen LogP contribution in [0.2, 0.25) is 5.02 Å². The van der Waals surface area contributed by atoms with Crippen molar-refractivity contribution in [2.45, 2.75) is 38.6 Å². The Balaban J connectivity index is 2.08. The maximum Gasteiger partial charge on any atom is 0.262 e. The summed E-state index contributed by atoms with van der Waals surface area (Å²) in [6, 6.07) is 9.21. The number of carbonyl (C=O) groups excluding carboxylic acids is 1. The van der Waals surface area contributed by atoms with Crippen LogP contribution in [0.3, 0.4) is 0 Å². The molecule has 0 saturated heterocycles. The average Bonchev–Trinajstić information content (AvgIpc) is 2.49. The van der Waals surface area contributed by atoms with Gasteiger partial charge in [0.1, 0.15) is 11.6 Å². The molecule has 1 aliphatic carbocycles. The average molecular weight is 303 g/mol. The molecule has 0 aliphatic heterocycles. The lowest BCUT2D eigenvalue weighted by molar-refractivity contribution is -0.118. The quantitative estimate of drug-likeness (QED) is 0.679. The van der Waals surface area contributed by atoms with Gasteiger partial charge in [0.05, 0.1) is 0 Å². The fourth-order valence-corrected chi connectivity index (χ4v) is 2.78. The van der Waals surface area contributed by atoms with Gasteiger partial charge >= 0.3 is 0 Å². The van der Waals surface area contributed by atoms with Gasteiger partial charge in [0.2, 0.25) is 0 Å². The van der Waals surface area contributed by atoms with E-state index in [1.54, 1.807) is 30.3 Å². The van der Waals surface area contributed by atoms with Crippen molar-refractivity contribution in [1.82, 2.24) is 5.32 Å². The Morgan fingerprint density at radius 1 is 1.33 bits per heavy atom. The first-order valence-corrected chi connectivity index (χ1v) is 7.66. The van der Waals surface area contributed by atoms with Gasteiger partial charge in [0.25, 0.3) is 5.91 Å². The first kappa shape index (κ1) is 15.6. The van der Waals surface area contributed by atoms with Crippen LogP contribution in [0.25, 0.3) is 6.08 Å². The Morgan fingerprint density at radius 2 is 2.00 bits per heavy atom. The Hall–Kier alpha value is -1.79. The zero-order valence-electron chi connectivity index (χ0n) is 12.1. The number of carbonyl (C=O) groups is 1. The molecule has 1 aromatic rings. The fraction of sp³-hybridized carbons (Fsp3) is 0.412. The van der Waals surface area contributed by atoms with E-state index in [2.05, 4.69) is 12.2 Å². The molecule has 1 N–H and O–H groups in total. The summed E-state index contributed by atoms with van der Waals surface area (Å²) in [5, 5.41) is 12.8. The van der Waals surface area contributed by atoms with Crippen LogP contribution < -0.4 is 5.32 Å². The number of benzene rings is 1. The molecule has 0 bridgehead atoms. The number of amides is 1. The van der Waals surface area contributed by atoms with Gasteiger partial charge in [-0.3, -0.25) is 4.79 Å². The monoisotopic (exact) mass is 302 g/mol. The Bertz CT molecular complexity index is 571. The van der Waals surface area contributed by atoms with Crippen LogP contribution in [-0.4, -0.2) is 11.9 Å². The van der Waals surface area contributed by atoms with E-state index in [1.165, 1.54) is 6.42 Å². The zero-order chi connectivity index (χ0) is 15.2. The molecule has 0 heterocycles. The second kappa shape index (κ2) is 7.28. The minimum Gasteiger partial charge on any atom is -0.348 e. The van der Waals surface area contributed by atoms with E-state index in [0.717, 1.165) is 24.8 Å². The summed E-state index contributed by atoms with van der Waals surface area (Å²) in [5.74, 6) is 0.185. The molecule has 0 spiro atoms. The minimum absolute atomic E-state index is 0.134. The van der Waals surface area contributed by atoms with Crippen molar-refractivity contribution in [2.75, 3.05) is 0 Å². The maximum absolute atomic E-state index is 12.2. The van der Waals surface area contributed by atoms with Crippen LogP contribution in [0.15, 0.2) is 29.8 Å². The topological polar surface area (TPSA) is 52.9 Å². The van der Waals surface area contributed by atoms with Crippen molar-refractivity contribution in [3.8, 4) is 6.07 Å². The molecular weight excluding hydrogens is 284 g/mol. The SMILES string of the molecule is C[C@@H]1CCCC[C@@H]1NC(=O)/C(C#N)=C/c1ccc(Cl)cc1. The molecular formula is C17H19ClN2O. The van der Waals surface area contributed by atoms with E-state index < -0.39 is 0 Å². The zero-order valence-corrected chi connectivity index (χ0v) is 12.9. The lowest BCUT2D eigenvalue weighted by Crippen LogP contribution is -2.41. The molecule has 1 aliphatic rings. The molecule has 2 atom stereocenters. The Kier molecular flexibility index (Phi) is 5.41. The molecule has 1 fully saturated rings. The molecule has 0 aromatic heterocycles. The molecule has 1 aromatic carbocycles. The first-order valence-electron chi connectivity index (χ1n) is 7.28. The number of hydrogen-bond donors (Lipinski definition) is 1. The van der Waals surface area contributed by atoms with Crippen molar-refractivity contribution in [1.29, 1.82) is 5.26 Å². The third kappa shape index (κ3) is 4.34. The third-order valence-electron chi connectivity index (χ3n) is 3.97. The van der Waals surface area contributed by atoms with Gasteiger partial charge in [-0.2, -0.15) is 5.26 Å². The number of hydrogen-bond acceptors (Lipinski definition) is 2. The second-order valence-corrected chi connectivity index (χ2v) is 6.00. The van der Waals surface area contributed by atoms with Gasteiger partial charge in [-0.15, -0.1) is 0 Å². The molecule has 21 heavy (non-hydrogen) atoms. The van der Waals surface area contributed by atoms with Crippen molar-refractivity contribution in [3.63, 3.8) is 0 Å². The number of halogens is 1. The van der Waals surface area contributed by atoms with Gasteiger partial charge in [-0.1, -0.05) is 43.5 Å². The summed E-state index contributed by atoms with van der Waals surface area (Å²) in [5.41, 5.74) is 0.929. The molecule has 110 valence electrons. The van der Waals surface area contributed by atoms with E-state index in [0.29, 0.717) is 10.9 Å². The number of rotatable bonds is 3. The van der Waals surface area contributed by atoms with E-state index in [4.69, 9.17) is 11.6 Å². The van der Waals surface area contributed by atoms with Crippen LogP contribution in [0, 0.1) is 17.2 Å². The Morgan fingerprint density at radius 3 is 2.62 bits per heavy atom. The highest BCUT2D eigenvalue weighted by Crippen LogP contribution is 2.24. The second-order valence-electron chi connectivity index (χ2n) is 5.56. The molecule has 3 nitrogen and oxygen atoms in total. The molecule has 0 radical (unpaired) electrons. The van der Waals surface area contributed by atoms with Gasteiger partial charge in [0, 0.05) is 11.1 Å². The highest BCUT2D eigenvalue weighted by molar-refractivity contribution is 6.30. The molecule has 4 heteroatoms. The van der Waals surface area contributed by atoms with Gasteiger partial charge in [-0.25, -0.2) is 0 Å². The first-order chi connectivity index (χ1) is 10.1. The van der Waals surface area contributed by atoms with E-state index in [-0.39, 0.29) is 17.5 Å². The van der Waals surface area contributed by atoms with Crippen LogP contribution in [-0.2, 0) is 4.79 Å². The smallest absolute Gasteiger partial charge is 0.262 e. The van der Waals surface area contributed by atoms with Crippen LogP contribution in [0.1, 0.15) is 38.2 Å². The highest BCUT2D eigenvalue weighted by atomic mass is 35.5. The Labute approximate surface area is 130 Å². The largest absolute Gasteiger partial charge is 0.348 e. The van der Waals surface area contributed by atoms with E-state index in [9.17, 15) is 10.1 Å². The van der Waals surface area contributed by atoms with Crippen LogP contribution in [0.5, 0.6) is 0 Å². The van der Waals surface area contributed by atoms with Gasteiger partial charge in [0.15, 0.2) is 0 Å². The van der Waals surface area contributed by atoms with Crippen molar-refractivity contribution < 1.29 is 4.79 Å². The lowest BCUT2D eigenvalue weighted by Gasteiger charge is -2.29. The predicted octanol–water partition coefficient (Wildman–Crippen LogP) is 3.94. The highest BCUT2D eigenvalue weighted by Gasteiger charge is 2.23. The predicted molar refractivity (Wildman–Crippen MR) is 84.6 cm³/mol. The number of nitrogens with zero attached hydrogens (tertiary/aromatic N) is 1. The van der Waals surface area contributed by atoms with Gasteiger partial charge in [-0.05, 0) is 42.5 Å². The summed E-state index contributed by atoms with van der Waals surface area (Å²) in [4.78, 5) is 12.2. The van der Waals surface area contributed by atoms with Gasteiger partial charge < -0.3 is 5.32 Å². The van der Waals surface area contributed by atoms with Crippen molar-refractivity contribution in [2.24, 2.45) is 5.92 Å². The third-order valence-corrected chi connectivity index (χ3v) is 4.23. The lowest BCUT2D eigenvalue weighted by atomic mass is 9.86. The molecule has 1 saturated carbocycles. The minimum atomic E-state index is -0.286. The summed E-state index contributed by atoms with van der Waals surface area (Å²) < 4.78 is 0. The molecule has 1 amide bonds.